The highest BCUT2D eigenvalue weighted by Gasteiger charge is 1.97. The van der Waals surface area contributed by atoms with Crippen molar-refractivity contribution in [2.75, 3.05) is 20.1 Å². The van der Waals surface area contributed by atoms with Gasteiger partial charge in [-0.3, -0.25) is 0 Å². The van der Waals surface area contributed by atoms with Gasteiger partial charge in [-0.1, -0.05) is 6.92 Å². The summed E-state index contributed by atoms with van der Waals surface area (Å²) in [7, 11) is 1.99. The van der Waals surface area contributed by atoms with Crippen molar-refractivity contribution < 1.29 is 10.6 Å². The van der Waals surface area contributed by atoms with Crippen molar-refractivity contribution in [1.82, 2.24) is 4.90 Å². The summed E-state index contributed by atoms with van der Waals surface area (Å²) < 4.78 is 0. The van der Waals surface area contributed by atoms with E-state index in [1.165, 1.54) is 0 Å². The topological polar surface area (TPSA) is 55.0 Å². The van der Waals surface area contributed by atoms with E-state index in [1.807, 2.05) is 7.05 Å². The number of hydrogen-bond acceptors (Lipinski definition) is 2. The van der Waals surface area contributed by atoms with E-state index in [0.29, 0.717) is 0 Å². The molecule has 0 heterocycles. The van der Waals surface area contributed by atoms with Gasteiger partial charge in [0, 0.05) is 6.54 Å². The lowest BCUT2D eigenvalue weighted by molar-refractivity contribution is 0.144. The molecule has 3 N–H and O–H groups in total. The third kappa shape index (κ3) is 7.88. The van der Waals surface area contributed by atoms with Gasteiger partial charge in [-0.25, -0.2) is 0 Å². The van der Waals surface area contributed by atoms with Crippen LogP contribution in [-0.2, 0) is 0 Å². The van der Waals surface area contributed by atoms with Crippen LogP contribution in [0.3, 0.4) is 0 Å². The summed E-state index contributed by atoms with van der Waals surface area (Å²) in [4.78, 5) is 2.07. The van der Waals surface area contributed by atoms with E-state index in [-0.39, 0.29) is 11.6 Å². The van der Waals surface area contributed by atoms with Gasteiger partial charge in [-0.2, -0.15) is 0 Å². The maximum Gasteiger partial charge on any atom is 0.0638 e. The largest absolute Gasteiger partial charge is 0.412 e. The normalized spacial score (nSPS) is 13.0. The molecule has 0 aliphatic rings. The molecule has 0 aliphatic heterocycles. The zero-order chi connectivity index (χ0) is 6.57. The average molecular weight is 135 g/mol. The molecule has 9 heavy (non-hydrogen) atoms. The van der Waals surface area contributed by atoms with Crippen molar-refractivity contribution >= 4 is 0 Å². The van der Waals surface area contributed by atoms with Crippen LogP contribution >= 0.6 is 0 Å². The molecule has 0 aromatic rings. The first-order valence-corrected chi connectivity index (χ1v) is 3.03. The van der Waals surface area contributed by atoms with Crippen molar-refractivity contribution in [2.24, 2.45) is 0 Å². The molecule has 1 atom stereocenters. The van der Waals surface area contributed by atoms with Crippen molar-refractivity contribution in [3.63, 3.8) is 0 Å². The molecule has 0 saturated carbocycles. The molecule has 0 aliphatic carbocycles. The number of aliphatic hydroxyl groups excluding tert-OH is 1. The van der Waals surface area contributed by atoms with Gasteiger partial charge in [0.05, 0.1) is 6.10 Å². The first-order valence-electron chi connectivity index (χ1n) is 3.03. The molecule has 0 aromatic carbocycles. The van der Waals surface area contributed by atoms with Gasteiger partial charge < -0.3 is 15.5 Å². The molecular formula is C6H17NO2. The van der Waals surface area contributed by atoms with Crippen LogP contribution in [0.25, 0.3) is 0 Å². The highest BCUT2D eigenvalue weighted by molar-refractivity contribution is 4.51. The van der Waals surface area contributed by atoms with Crippen LogP contribution < -0.4 is 0 Å². The Morgan fingerprint density at radius 2 is 2.00 bits per heavy atom. The minimum atomic E-state index is -0.194. The van der Waals surface area contributed by atoms with Crippen LogP contribution in [-0.4, -0.2) is 41.7 Å². The van der Waals surface area contributed by atoms with Gasteiger partial charge in [0.15, 0.2) is 0 Å². The number of nitrogens with zero attached hydrogens (tertiary/aromatic N) is 1. The Labute approximate surface area is 56.6 Å². The first-order chi connectivity index (χ1) is 3.66. The lowest BCUT2D eigenvalue weighted by Crippen LogP contribution is -2.26. The van der Waals surface area contributed by atoms with E-state index in [0.717, 1.165) is 13.1 Å². The molecule has 0 saturated heterocycles. The number of likely N-dealkylation sites (N-methyl/N-ethyl adjacent to an activating group) is 1. The Balaban J connectivity index is 0. The summed E-state index contributed by atoms with van der Waals surface area (Å²) in [6.45, 7) is 5.65. The summed E-state index contributed by atoms with van der Waals surface area (Å²) in [6.07, 6.45) is -0.194. The van der Waals surface area contributed by atoms with Gasteiger partial charge in [0.1, 0.15) is 0 Å². The van der Waals surface area contributed by atoms with Gasteiger partial charge >= 0.3 is 0 Å². The van der Waals surface area contributed by atoms with Gasteiger partial charge in [0.25, 0.3) is 0 Å². The quantitative estimate of drug-likeness (QED) is 0.567. The van der Waals surface area contributed by atoms with Gasteiger partial charge in [0.2, 0.25) is 0 Å². The Hall–Kier alpha value is -0.120. The highest BCUT2D eigenvalue weighted by Crippen LogP contribution is 1.84. The molecule has 3 nitrogen and oxygen atoms in total. The molecule has 0 bridgehead atoms. The van der Waals surface area contributed by atoms with E-state index in [2.05, 4.69) is 11.8 Å². The summed E-state index contributed by atoms with van der Waals surface area (Å²) in [5.41, 5.74) is 0. The molecular weight excluding hydrogens is 118 g/mol. The second kappa shape index (κ2) is 6.01. The SMILES string of the molecule is CCN(C)CC(C)O.O. The van der Waals surface area contributed by atoms with Crippen molar-refractivity contribution in [3.8, 4) is 0 Å². The molecule has 0 rings (SSSR count). The molecule has 0 radical (unpaired) electrons. The molecule has 0 aromatic heterocycles. The van der Waals surface area contributed by atoms with E-state index in [1.54, 1.807) is 6.92 Å². The number of aliphatic hydroxyl groups is 1. The van der Waals surface area contributed by atoms with Crippen LogP contribution in [0, 0.1) is 0 Å². The van der Waals surface area contributed by atoms with E-state index in [4.69, 9.17) is 5.11 Å². The Morgan fingerprint density at radius 3 is 2.11 bits per heavy atom. The van der Waals surface area contributed by atoms with Gasteiger partial charge in [-0.15, -0.1) is 0 Å². The first kappa shape index (κ1) is 11.6. The van der Waals surface area contributed by atoms with Crippen LogP contribution in [0.5, 0.6) is 0 Å². The van der Waals surface area contributed by atoms with E-state index < -0.39 is 0 Å². The van der Waals surface area contributed by atoms with Crippen LogP contribution in [0.4, 0.5) is 0 Å². The predicted molar refractivity (Wildman–Crippen MR) is 38.5 cm³/mol. The van der Waals surface area contributed by atoms with Crippen LogP contribution in [0.2, 0.25) is 0 Å². The van der Waals surface area contributed by atoms with Crippen LogP contribution in [0.1, 0.15) is 13.8 Å². The summed E-state index contributed by atoms with van der Waals surface area (Å²) in [6, 6.07) is 0. The minimum Gasteiger partial charge on any atom is -0.412 e. The molecule has 3 heteroatoms. The van der Waals surface area contributed by atoms with Crippen LogP contribution in [0.15, 0.2) is 0 Å². The smallest absolute Gasteiger partial charge is 0.0638 e. The average Bonchev–Trinajstić information content (AvgIpc) is 1.65. The Bertz CT molecular complexity index is 57.0. The number of hydrogen-bond donors (Lipinski definition) is 1. The molecule has 58 valence electrons. The minimum absolute atomic E-state index is 0. The second-order valence-corrected chi connectivity index (χ2v) is 2.20. The Morgan fingerprint density at radius 1 is 1.56 bits per heavy atom. The molecule has 1 unspecified atom stereocenters. The second-order valence-electron chi connectivity index (χ2n) is 2.20. The lowest BCUT2D eigenvalue weighted by Gasteiger charge is -2.14. The van der Waals surface area contributed by atoms with Gasteiger partial charge in [-0.05, 0) is 20.5 Å². The van der Waals surface area contributed by atoms with Crippen molar-refractivity contribution in [3.05, 3.63) is 0 Å². The van der Waals surface area contributed by atoms with E-state index >= 15 is 0 Å². The summed E-state index contributed by atoms with van der Waals surface area (Å²) >= 11 is 0. The summed E-state index contributed by atoms with van der Waals surface area (Å²) in [5, 5.41) is 8.81. The fraction of sp³-hybridized carbons (Fsp3) is 1.00. The van der Waals surface area contributed by atoms with Crippen molar-refractivity contribution in [2.45, 2.75) is 20.0 Å². The maximum absolute atomic E-state index is 8.81. The molecule has 0 amide bonds. The third-order valence-corrected chi connectivity index (χ3v) is 1.12. The molecule has 0 fully saturated rings. The molecule has 0 spiro atoms. The fourth-order valence-electron chi connectivity index (χ4n) is 0.580. The standard InChI is InChI=1S/C6H15NO.H2O/c1-4-7(3)5-6(2)8;/h6,8H,4-5H2,1-3H3;1H2. The zero-order valence-corrected chi connectivity index (χ0v) is 6.39. The monoisotopic (exact) mass is 135 g/mol. The number of rotatable bonds is 3. The summed E-state index contributed by atoms with van der Waals surface area (Å²) in [5.74, 6) is 0. The van der Waals surface area contributed by atoms with E-state index in [9.17, 15) is 0 Å². The zero-order valence-electron chi connectivity index (χ0n) is 6.39. The fourth-order valence-corrected chi connectivity index (χ4v) is 0.580. The highest BCUT2D eigenvalue weighted by atomic mass is 16.3. The third-order valence-electron chi connectivity index (χ3n) is 1.12. The van der Waals surface area contributed by atoms with Crippen molar-refractivity contribution in [1.29, 1.82) is 0 Å². The Kier molecular flexibility index (Phi) is 7.77. The lowest BCUT2D eigenvalue weighted by atomic mass is 10.4. The predicted octanol–water partition coefficient (Wildman–Crippen LogP) is -0.506. The maximum atomic E-state index is 8.81.